The first-order chi connectivity index (χ1) is 9.16. The molecule has 1 N–H and O–H groups in total. The van der Waals surface area contributed by atoms with Gasteiger partial charge in [0.1, 0.15) is 11.6 Å². The minimum Gasteiger partial charge on any atom is -0.378 e. The second kappa shape index (κ2) is 4.65. The fourth-order valence-electron chi connectivity index (χ4n) is 2.65. The predicted molar refractivity (Wildman–Crippen MR) is 72.2 cm³/mol. The Bertz CT molecular complexity index is 622. The van der Waals surface area contributed by atoms with Crippen molar-refractivity contribution >= 4 is 5.69 Å². The van der Waals surface area contributed by atoms with Crippen molar-refractivity contribution in [3.05, 3.63) is 64.7 Å². The molecule has 1 atom stereocenters. The molecule has 0 bridgehead atoms. The summed E-state index contributed by atoms with van der Waals surface area (Å²) in [6.07, 6.45) is 1.54. The van der Waals surface area contributed by atoms with Crippen LogP contribution in [0.25, 0.3) is 0 Å². The Morgan fingerprint density at radius 1 is 1.11 bits per heavy atom. The summed E-state index contributed by atoms with van der Waals surface area (Å²) >= 11 is 0. The van der Waals surface area contributed by atoms with Crippen LogP contribution in [0.3, 0.4) is 0 Å². The maximum atomic E-state index is 14.1. The van der Waals surface area contributed by atoms with Crippen molar-refractivity contribution in [2.75, 3.05) is 5.32 Å². The summed E-state index contributed by atoms with van der Waals surface area (Å²) in [5.74, 6) is -0.906. The fraction of sp³-hybridized carbons (Fsp3) is 0.250. The van der Waals surface area contributed by atoms with Crippen LogP contribution in [0.15, 0.2) is 36.4 Å². The van der Waals surface area contributed by atoms with E-state index < -0.39 is 11.6 Å². The quantitative estimate of drug-likeness (QED) is 0.801. The Kier molecular flexibility index (Phi) is 2.97. The summed E-state index contributed by atoms with van der Waals surface area (Å²) in [7, 11) is 0. The molecule has 1 unspecified atom stereocenters. The van der Waals surface area contributed by atoms with Gasteiger partial charge in [0, 0.05) is 11.3 Å². The number of anilines is 1. The number of hydrogen-bond donors (Lipinski definition) is 1. The van der Waals surface area contributed by atoms with Crippen LogP contribution in [0.5, 0.6) is 0 Å². The van der Waals surface area contributed by atoms with Gasteiger partial charge >= 0.3 is 0 Å². The molecule has 98 valence electrons. The zero-order valence-corrected chi connectivity index (χ0v) is 10.7. The highest BCUT2D eigenvalue weighted by Crippen LogP contribution is 2.35. The number of para-hydroxylation sites is 1. The van der Waals surface area contributed by atoms with E-state index in [2.05, 4.69) is 5.32 Å². The van der Waals surface area contributed by atoms with Gasteiger partial charge in [-0.05, 0) is 43.0 Å². The number of hydrogen-bond acceptors (Lipinski definition) is 1. The van der Waals surface area contributed by atoms with E-state index in [1.807, 2.05) is 24.3 Å². The average molecular weight is 259 g/mol. The molecule has 0 saturated heterocycles. The lowest BCUT2D eigenvalue weighted by Gasteiger charge is -2.28. The van der Waals surface area contributed by atoms with Crippen molar-refractivity contribution in [1.82, 2.24) is 0 Å². The van der Waals surface area contributed by atoms with Crippen LogP contribution in [-0.2, 0) is 6.42 Å². The van der Waals surface area contributed by atoms with Gasteiger partial charge in [0.05, 0.1) is 6.04 Å². The van der Waals surface area contributed by atoms with Crippen LogP contribution in [0.1, 0.15) is 29.2 Å². The Balaban J connectivity index is 2.00. The van der Waals surface area contributed by atoms with Gasteiger partial charge < -0.3 is 5.32 Å². The van der Waals surface area contributed by atoms with Crippen molar-refractivity contribution in [1.29, 1.82) is 0 Å². The third kappa shape index (κ3) is 2.09. The molecule has 1 nitrogen and oxygen atoms in total. The summed E-state index contributed by atoms with van der Waals surface area (Å²) in [5, 5.41) is 3.24. The molecule has 3 rings (SSSR count). The van der Waals surface area contributed by atoms with Gasteiger partial charge in [-0.3, -0.25) is 0 Å². The second-order valence-electron chi connectivity index (χ2n) is 4.98. The molecule has 19 heavy (non-hydrogen) atoms. The van der Waals surface area contributed by atoms with Crippen LogP contribution < -0.4 is 5.32 Å². The molecule has 0 fully saturated rings. The first-order valence-electron chi connectivity index (χ1n) is 6.46. The molecular weight excluding hydrogens is 244 g/mol. The van der Waals surface area contributed by atoms with Gasteiger partial charge in [0.25, 0.3) is 0 Å². The van der Waals surface area contributed by atoms with E-state index in [9.17, 15) is 8.78 Å². The highest BCUT2D eigenvalue weighted by molar-refractivity contribution is 5.55. The Morgan fingerprint density at radius 3 is 2.74 bits per heavy atom. The van der Waals surface area contributed by atoms with Gasteiger partial charge in [-0.25, -0.2) is 8.78 Å². The first kappa shape index (κ1) is 12.2. The van der Waals surface area contributed by atoms with Gasteiger partial charge in [-0.2, -0.15) is 0 Å². The second-order valence-corrected chi connectivity index (χ2v) is 4.98. The zero-order chi connectivity index (χ0) is 13.4. The normalized spacial score (nSPS) is 17.7. The maximum absolute atomic E-state index is 14.1. The Labute approximate surface area is 111 Å². The molecule has 0 spiro atoms. The van der Waals surface area contributed by atoms with Crippen molar-refractivity contribution in [3.63, 3.8) is 0 Å². The van der Waals surface area contributed by atoms with E-state index in [0.717, 1.165) is 12.1 Å². The fourth-order valence-corrected chi connectivity index (χ4v) is 2.65. The molecule has 0 amide bonds. The number of halogens is 2. The van der Waals surface area contributed by atoms with E-state index in [0.29, 0.717) is 12.0 Å². The lowest BCUT2D eigenvalue weighted by Crippen LogP contribution is -2.20. The van der Waals surface area contributed by atoms with Crippen LogP contribution in [0.4, 0.5) is 14.5 Å². The molecule has 1 aliphatic rings. The number of aryl methyl sites for hydroxylation is 2. The summed E-state index contributed by atoms with van der Waals surface area (Å²) in [5.41, 5.74) is 2.82. The number of fused-ring (bicyclic) bond motifs is 1. The average Bonchev–Trinajstić information content (AvgIpc) is 2.43. The molecule has 1 aliphatic heterocycles. The standard InChI is InChI=1S/C16H15F2N/c1-10-6-8-12(17)15(16(10)18)14-9-7-11-4-2-3-5-13(11)19-14/h2-6,8,14,19H,7,9H2,1H3. The maximum Gasteiger partial charge on any atom is 0.134 e. The Morgan fingerprint density at radius 2 is 1.89 bits per heavy atom. The van der Waals surface area contributed by atoms with Gasteiger partial charge in [0.15, 0.2) is 0 Å². The van der Waals surface area contributed by atoms with E-state index in [-0.39, 0.29) is 11.6 Å². The van der Waals surface area contributed by atoms with E-state index >= 15 is 0 Å². The first-order valence-corrected chi connectivity index (χ1v) is 6.46. The molecule has 0 aliphatic carbocycles. The summed E-state index contributed by atoms with van der Waals surface area (Å²) in [6, 6.07) is 10.4. The number of nitrogens with one attached hydrogen (secondary N) is 1. The van der Waals surface area contributed by atoms with Crippen molar-refractivity contribution < 1.29 is 8.78 Å². The molecule has 0 saturated carbocycles. The van der Waals surface area contributed by atoms with Gasteiger partial charge in [-0.15, -0.1) is 0 Å². The lowest BCUT2D eigenvalue weighted by molar-refractivity contribution is 0.516. The van der Waals surface area contributed by atoms with E-state index in [4.69, 9.17) is 0 Å². The van der Waals surface area contributed by atoms with Crippen molar-refractivity contribution in [2.24, 2.45) is 0 Å². The van der Waals surface area contributed by atoms with Crippen LogP contribution in [-0.4, -0.2) is 0 Å². The van der Waals surface area contributed by atoms with E-state index in [1.54, 1.807) is 6.92 Å². The minimum absolute atomic E-state index is 0.162. The molecule has 2 aromatic carbocycles. The molecule has 2 aromatic rings. The summed E-state index contributed by atoms with van der Waals surface area (Å²) < 4.78 is 28.1. The van der Waals surface area contributed by atoms with Gasteiger partial charge in [0.2, 0.25) is 0 Å². The zero-order valence-electron chi connectivity index (χ0n) is 10.7. The highest BCUT2D eigenvalue weighted by Gasteiger charge is 2.25. The van der Waals surface area contributed by atoms with E-state index in [1.165, 1.54) is 17.7 Å². The minimum atomic E-state index is -0.472. The summed E-state index contributed by atoms with van der Waals surface area (Å²) in [4.78, 5) is 0. The molecular formula is C16H15F2N. The van der Waals surface area contributed by atoms with Gasteiger partial charge in [-0.1, -0.05) is 24.3 Å². The van der Waals surface area contributed by atoms with Crippen LogP contribution in [0, 0.1) is 18.6 Å². The smallest absolute Gasteiger partial charge is 0.134 e. The summed E-state index contributed by atoms with van der Waals surface area (Å²) in [6.45, 7) is 1.66. The largest absolute Gasteiger partial charge is 0.378 e. The SMILES string of the molecule is Cc1ccc(F)c(C2CCc3ccccc3N2)c1F. The van der Waals surface area contributed by atoms with Crippen molar-refractivity contribution in [3.8, 4) is 0 Å². The van der Waals surface area contributed by atoms with Crippen molar-refractivity contribution in [2.45, 2.75) is 25.8 Å². The third-order valence-corrected chi connectivity index (χ3v) is 3.72. The van der Waals surface area contributed by atoms with Crippen LogP contribution >= 0.6 is 0 Å². The monoisotopic (exact) mass is 259 g/mol. The Hall–Kier alpha value is -1.90. The lowest BCUT2D eigenvalue weighted by atomic mass is 9.92. The van der Waals surface area contributed by atoms with Crippen LogP contribution in [0.2, 0.25) is 0 Å². The predicted octanol–water partition coefficient (Wildman–Crippen LogP) is 4.37. The molecule has 3 heteroatoms. The number of benzene rings is 2. The molecule has 1 heterocycles. The third-order valence-electron chi connectivity index (χ3n) is 3.72. The number of rotatable bonds is 1. The topological polar surface area (TPSA) is 12.0 Å². The molecule has 0 aromatic heterocycles. The molecule has 0 radical (unpaired) electrons. The highest BCUT2D eigenvalue weighted by atomic mass is 19.1.